The summed E-state index contributed by atoms with van der Waals surface area (Å²) in [5.41, 5.74) is 6.42. The second-order valence-corrected chi connectivity index (χ2v) is 4.60. The van der Waals surface area contributed by atoms with Crippen molar-refractivity contribution in [2.75, 3.05) is 5.73 Å². The first-order valence-electron chi connectivity index (χ1n) is 5.69. The van der Waals surface area contributed by atoms with Crippen LogP contribution in [0.15, 0.2) is 4.52 Å². The van der Waals surface area contributed by atoms with Gasteiger partial charge in [0, 0.05) is 11.5 Å². The van der Waals surface area contributed by atoms with E-state index >= 15 is 0 Å². The Morgan fingerprint density at radius 3 is 2.47 bits per heavy atom. The molecule has 96 valence electrons. The minimum absolute atomic E-state index is 0.117. The van der Waals surface area contributed by atoms with Crippen molar-refractivity contribution < 1.29 is 17.7 Å². The maximum Gasteiger partial charge on any atom is 0.392 e. The number of nitrogens with zero attached hydrogens (tertiary/aromatic N) is 1. The van der Waals surface area contributed by atoms with E-state index in [1.165, 1.54) is 0 Å². The zero-order valence-corrected chi connectivity index (χ0v) is 9.55. The van der Waals surface area contributed by atoms with Crippen molar-refractivity contribution in [2.24, 2.45) is 5.92 Å². The Bertz CT molecular complexity index is 400. The van der Waals surface area contributed by atoms with Crippen LogP contribution >= 0.6 is 0 Å². The predicted molar refractivity (Wildman–Crippen MR) is 56.4 cm³/mol. The van der Waals surface area contributed by atoms with Crippen molar-refractivity contribution >= 4 is 5.88 Å². The van der Waals surface area contributed by atoms with Crippen molar-refractivity contribution in [1.29, 1.82) is 0 Å². The van der Waals surface area contributed by atoms with Crippen LogP contribution in [-0.4, -0.2) is 11.3 Å². The summed E-state index contributed by atoms with van der Waals surface area (Å²) in [5, 5.41) is 3.70. The van der Waals surface area contributed by atoms with Gasteiger partial charge in [-0.05, 0) is 19.8 Å². The molecule has 0 aromatic carbocycles. The monoisotopic (exact) mass is 248 g/mol. The largest absolute Gasteiger partial charge is 0.392 e. The molecule has 0 spiro atoms. The van der Waals surface area contributed by atoms with Gasteiger partial charge in [0.05, 0.1) is 11.6 Å². The maximum atomic E-state index is 12.9. The summed E-state index contributed by atoms with van der Waals surface area (Å²) in [6, 6.07) is 0. The first-order valence-corrected chi connectivity index (χ1v) is 5.69. The standard InChI is InChI=1S/C11H15F3N2O/c1-6-9(16-17-10(6)15)7-4-2-3-5-8(7)11(12,13)14/h7-8H,2-5,15H2,1H3. The molecule has 1 aliphatic rings. The second-order valence-electron chi connectivity index (χ2n) is 4.60. The van der Waals surface area contributed by atoms with Gasteiger partial charge in [0.15, 0.2) is 0 Å². The van der Waals surface area contributed by atoms with E-state index in [1.807, 2.05) is 0 Å². The second kappa shape index (κ2) is 4.23. The molecule has 3 nitrogen and oxygen atoms in total. The summed E-state index contributed by atoms with van der Waals surface area (Å²) in [7, 11) is 0. The fourth-order valence-corrected chi connectivity index (χ4v) is 2.56. The van der Waals surface area contributed by atoms with Crippen molar-refractivity contribution in [2.45, 2.75) is 44.7 Å². The number of halogens is 3. The van der Waals surface area contributed by atoms with Crippen LogP contribution in [0.25, 0.3) is 0 Å². The molecular formula is C11H15F3N2O. The van der Waals surface area contributed by atoms with Gasteiger partial charge in [-0.3, -0.25) is 0 Å². The van der Waals surface area contributed by atoms with Gasteiger partial charge >= 0.3 is 6.18 Å². The maximum absolute atomic E-state index is 12.9. The third-order valence-electron chi connectivity index (χ3n) is 3.53. The average molecular weight is 248 g/mol. The summed E-state index contributed by atoms with van der Waals surface area (Å²) in [5.74, 6) is -1.81. The Hall–Kier alpha value is -1.20. The Morgan fingerprint density at radius 2 is 1.94 bits per heavy atom. The van der Waals surface area contributed by atoms with Crippen LogP contribution in [0, 0.1) is 12.8 Å². The van der Waals surface area contributed by atoms with Crippen molar-refractivity contribution in [3.63, 3.8) is 0 Å². The lowest BCUT2D eigenvalue weighted by molar-refractivity contribution is -0.187. The minimum atomic E-state index is -4.18. The van der Waals surface area contributed by atoms with Crippen molar-refractivity contribution in [3.05, 3.63) is 11.3 Å². The molecule has 1 aromatic heterocycles. The van der Waals surface area contributed by atoms with Crippen LogP contribution in [0.2, 0.25) is 0 Å². The van der Waals surface area contributed by atoms with E-state index in [0.717, 1.165) is 6.42 Å². The molecular weight excluding hydrogens is 233 g/mol. The number of nitrogen functional groups attached to an aromatic ring is 1. The van der Waals surface area contributed by atoms with Gasteiger partial charge in [-0.15, -0.1) is 0 Å². The highest BCUT2D eigenvalue weighted by atomic mass is 19.4. The Balaban J connectivity index is 2.31. The molecule has 17 heavy (non-hydrogen) atoms. The van der Waals surface area contributed by atoms with Crippen LogP contribution in [0.5, 0.6) is 0 Å². The fourth-order valence-electron chi connectivity index (χ4n) is 2.56. The zero-order valence-electron chi connectivity index (χ0n) is 9.55. The van der Waals surface area contributed by atoms with Gasteiger partial charge in [-0.2, -0.15) is 13.2 Å². The summed E-state index contributed by atoms with van der Waals surface area (Å²) in [4.78, 5) is 0. The van der Waals surface area contributed by atoms with Crippen LogP contribution in [-0.2, 0) is 0 Å². The summed E-state index contributed by atoms with van der Waals surface area (Å²) in [6.07, 6.45) is -2.10. The third-order valence-corrected chi connectivity index (χ3v) is 3.53. The molecule has 2 N–H and O–H groups in total. The van der Waals surface area contributed by atoms with Crippen molar-refractivity contribution in [3.8, 4) is 0 Å². The topological polar surface area (TPSA) is 52.0 Å². The number of aromatic nitrogens is 1. The van der Waals surface area contributed by atoms with Crippen LogP contribution in [0.4, 0.5) is 19.1 Å². The summed E-state index contributed by atoms with van der Waals surface area (Å²) in [6.45, 7) is 1.66. The van der Waals surface area contributed by atoms with E-state index < -0.39 is 18.0 Å². The van der Waals surface area contributed by atoms with Gasteiger partial charge in [-0.25, -0.2) is 0 Å². The number of anilines is 1. The quantitative estimate of drug-likeness (QED) is 0.828. The highest BCUT2D eigenvalue weighted by Gasteiger charge is 2.47. The number of nitrogens with two attached hydrogens (primary N) is 1. The number of alkyl halides is 3. The lowest BCUT2D eigenvalue weighted by Crippen LogP contribution is -2.32. The fraction of sp³-hybridized carbons (Fsp3) is 0.727. The molecule has 2 unspecified atom stereocenters. The average Bonchev–Trinajstić information content (AvgIpc) is 2.59. The minimum Gasteiger partial charge on any atom is -0.367 e. The molecule has 6 heteroatoms. The third kappa shape index (κ3) is 2.25. The SMILES string of the molecule is Cc1c(C2CCCCC2C(F)(F)F)noc1N. The first-order chi connectivity index (χ1) is 7.91. The van der Waals surface area contributed by atoms with E-state index in [4.69, 9.17) is 10.3 Å². The molecule has 2 rings (SSSR count). The molecule has 0 bridgehead atoms. The van der Waals surface area contributed by atoms with Gasteiger partial charge < -0.3 is 10.3 Å². The number of hydrogen-bond donors (Lipinski definition) is 1. The smallest absolute Gasteiger partial charge is 0.367 e. The van der Waals surface area contributed by atoms with Crippen LogP contribution in [0.1, 0.15) is 42.9 Å². The van der Waals surface area contributed by atoms with E-state index in [2.05, 4.69) is 5.16 Å². The molecule has 0 radical (unpaired) electrons. The first kappa shape index (κ1) is 12.3. The number of hydrogen-bond acceptors (Lipinski definition) is 3. The lowest BCUT2D eigenvalue weighted by atomic mass is 9.76. The van der Waals surface area contributed by atoms with Gasteiger partial charge in [0.2, 0.25) is 5.88 Å². The van der Waals surface area contributed by atoms with Crippen LogP contribution in [0.3, 0.4) is 0 Å². The van der Waals surface area contributed by atoms with E-state index in [-0.39, 0.29) is 12.3 Å². The molecule has 0 amide bonds. The van der Waals surface area contributed by atoms with Crippen LogP contribution < -0.4 is 5.73 Å². The molecule has 1 aromatic rings. The molecule has 2 atom stereocenters. The molecule has 1 aliphatic carbocycles. The predicted octanol–water partition coefficient (Wildman–Crippen LogP) is 3.40. The Morgan fingerprint density at radius 1 is 1.29 bits per heavy atom. The Kier molecular flexibility index (Phi) is 3.05. The lowest BCUT2D eigenvalue weighted by Gasteiger charge is -2.31. The molecule has 1 fully saturated rings. The van der Waals surface area contributed by atoms with E-state index in [1.54, 1.807) is 6.92 Å². The van der Waals surface area contributed by atoms with Gasteiger partial charge in [0.25, 0.3) is 0 Å². The molecule has 1 saturated carbocycles. The van der Waals surface area contributed by atoms with Gasteiger partial charge in [0.1, 0.15) is 0 Å². The molecule has 0 aliphatic heterocycles. The number of rotatable bonds is 1. The summed E-state index contributed by atoms with van der Waals surface area (Å²) >= 11 is 0. The highest BCUT2D eigenvalue weighted by Crippen LogP contribution is 2.47. The summed E-state index contributed by atoms with van der Waals surface area (Å²) < 4.78 is 43.5. The van der Waals surface area contributed by atoms with Gasteiger partial charge in [-0.1, -0.05) is 18.0 Å². The van der Waals surface area contributed by atoms with Crippen molar-refractivity contribution in [1.82, 2.24) is 5.16 Å². The highest BCUT2D eigenvalue weighted by molar-refractivity contribution is 5.39. The Labute approximate surface area is 97.1 Å². The van der Waals surface area contributed by atoms with E-state index in [9.17, 15) is 13.2 Å². The molecule has 0 saturated heterocycles. The normalized spacial score (nSPS) is 26.1. The zero-order chi connectivity index (χ0) is 12.6. The molecule has 1 heterocycles. The van der Waals surface area contributed by atoms with E-state index in [0.29, 0.717) is 24.1 Å².